The van der Waals surface area contributed by atoms with Gasteiger partial charge in [0.1, 0.15) is 18.0 Å². The van der Waals surface area contributed by atoms with Gasteiger partial charge in [-0.25, -0.2) is 15.0 Å². The normalized spacial score (nSPS) is 20.2. The fraction of sp³-hybridized carbons (Fsp3) is 0.583. The molecule has 1 aliphatic carbocycles. The van der Waals surface area contributed by atoms with Crippen LogP contribution in [0.5, 0.6) is 0 Å². The van der Waals surface area contributed by atoms with Crippen molar-refractivity contribution in [3.8, 4) is 0 Å². The largest absolute Gasteiger partial charge is 0.350 e. The standard InChI is InChI=1S/C24H33N7O2/c1-18(32)30-24(7-3-2-4-8-24)14-23(33)31-11-5-6-19(16-31)12-20-13-21(28-17-27-20)29-22-15-25-9-10-26-22/h9-10,13,15,17,19H,2-8,11-12,14,16H2,1H3,(H,30,32)(H,26,27,28,29). The lowest BCUT2D eigenvalue weighted by molar-refractivity contribution is -0.135. The van der Waals surface area contributed by atoms with E-state index in [9.17, 15) is 9.59 Å². The van der Waals surface area contributed by atoms with Crippen LogP contribution in [0.15, 0.2) is 31.0 Å². The molecule has 2 aromatic heterocycles. The molecule has 9 heteroatoms. The lowest BCUT2D eigenvalue weighted by Crippen LogP contribution is -2.53. The number of piperidine rings is 1. The number of hydrogen-bond donors (Lipinski definition) is 2. The Kier molecular flexibility index (Phi) is 7.47. The van der Waals surface area contributed by atoms with E-state index in [1.807, 2.05) is 11.0 Å². The minimum absolute atomic E-state index is 0.0455. The Morgan fingerprint density at radius 2 is 1.94 bits per heavy atom. The average Bonchev–Trinajstić information content (AvgIpc) is 2.80. The molecular weight excluding hydrogens is 418 g/mol. The van der Waals surface area contributed by atoms with Crippen molar-refractivity contribution in [2.24, 2.45) is 5.92 Å². The highest BCUT2D eigenvalue weighted by atomic mass is 16.2. The summed E-state index contributed by atoms with van der Waals surface area (Å²) < 4.78 is 0. The molecule has 2 fully saturated rings. The third-order valence-corrected chi connectivity index (χ3v) is 6.65. The van der Waals surface area contributed by atoms with Crippen molar-refractivity contribution in [2.45, 2.75) is 70.3 Å². The first-order valence-electron chi connectivity index (χ1n) is 11.9. The van der Waals surface area contributed by atoms with Crippen LogP contribution >= 0.6 is 0 Å². The number of nitrogens with zero attached hydrogens (tertiary/aromatic N) is 5. The second kappa shape index (κ2) is 10.7. The smallest absolute Gasteiger partial charge is 0.224 e. The van der Waals surface area contributed by atoms with E-state index in [1.54, 1.807) is 31.8 Å². The second-order valence-electron chi connectivity index (χ2n) is 9.36. The number of likely N-dealkylation sites (tertiary alicyclic amines) is 1. The topological polar surface area (TPSA) is 113 Å². The zero-order valence-electron chi connectivity index (χ0n) is 19.3. The average molecular weight is 452 g/mol. The third kappa shape index (κ3) is 6.46. The maximum atomic E-state index is 13.2. The van der Waals surface area contributed by atoms with Crippen molar-refractivity contribution in [3.63, 3.8) is 0 Å². The minimum atomic E-state index is -0.373. The number of anilines is 2. The molecule has 2 aliphatic rings. The third-order valence-electron chi connectivity index (χ3n) is 6.65. The molecule has 1 unspecified atom stereocenters. The second-order valence-corrected chi connectivity index (χ2v) is 9.36. The summed E-state index contributed by atoms with van der Waals surface area (Å²) in [6.07, 6.45) is 14.8. The van der Waals surface area contributed by atoms with Crippen molar-refractivity contribution in [2.75, 3.05) is 18.4 Å². The summed E-state index contributed by atoms with van der Waals surface area (Å²) in [5.41, 5.74) is 0.569. The molecule has 2 N–H and O–H groups in total. The molecule has 0 spiro atoms. The summed E-state index contributed by atoms with van der Waals surface area (Å²) in [6.45, 7) is 3.06. The van der Waals surface area contributed by atoms with Crippen LogP contribution in [0.4, 0.5) is 11.6 Å². The zero-order valence-corrected chi connectivity index (χ0v) is 19.3. The molecule has 0 aromatic carbocycles. The molecule has 1 aliphatic heterocycles. The van der Waals surface area contributed by atoms with Gasteiger partial charge >= 0.3 is 0 Å². The molecule has 1 saturated heterocycles. The number of carbonyl (C=O) groups excluding carboxylic acids is 2. The molecule has 1 atom stereocenters. The Morgan fingerprint density at radius 1 is 1.09 bits per heavy atom. The van der Waals surface area contributed by atoms with Gasteiger partial charge in [-0.05, 0) is 38.0 Å². The van der Waals surface area contributed by atoms with Crippen LogP contribution in [0.2, 0.25) is 0 Å². The van der Waals surface area contributed by atoms with Crippen LogP contribution in [0.3, 0.4) is 0 Å². The van der Waals surface area contributed by atoms with Crippen molar-refractivity contribution in [1.29, 1.82) is 0 Å². The molecule has 0 bridgehead atoms. The predicted molar refractivity (Wildman–Crippen MR) is 125 cm³/mol. The summed E-state index contributed by atoms with van der Waals surface area (Å²) in [5.74, 6) is 1.77. The first kappa shape index (κ1) is 23.1. The number of rotatable bonds is 7. The van der Waals surface area contributed by atoms with Gasteiger partial charge in [-0.1, -0.05) is 19.3 Å². The maximum absolute atomic E-state index is 13.2. The molecular formula is C24H33N7O2. The first-order chi connectivity index (χ1) is 16.0. The van der Waals surface area contributed by atoms with E-state index in [0.717, 1.165) is 63.7 Å². The van der Waals surface area contributed by atoms with Gasteiger partial charge in [-0.2, -0.15) is 0 Å². The molecule has 33 heavy (non-hydrogen) atoms. The van der Waals surface area contributed by atoms with Gasteiger partial charge in [0.05, 0.1) is 6.20 Å². The molecule has 3 heterocycles. The van der Waals surface area contributed by atoms with E-state index in [1.165, 1.54) is 6.42 Å². The molecule has 0 radical (unpaired) electrons. The van der Waals surface area contributed by atoms with Gasteiger partial charge in [0.25, 0.3) is 0 Å². The summed E-state index contributed by atoms with van der Waals surface area (Å²) in [4.78, 5) is 44.0. The highest BCUT2D eigenvalue weighted by Crippen LogP contribution is 2.32. The van der Waals surface area contributed by atoms with E-state index >= 15 is 0 Å². The molecule has 4 rings (SSSR count). The quantitative estimate of drug-likeness (QED) is 0.665. The Bertz CT molecular complexity index is 947. The summed E-state index contributed by atoms with van der Waals surface area (Å²) >= 11 is 0. The predicted octanol–water partition coefficient (Wildman–Crippen LogP) is 3.02. The number of amides is 2. The molecule has 176 valence electrons. The Balaban J connectivity index is 1.36. The van der Waals surface area contributed by atoms with E-state index in [-0.39, 0.29) is 17.4 Å². The summed E-state index contributed by atoms with van der Waals surface area (Å²) in [5, 5.41) is 6.27. The van der Waals surface area contributed by atoms with Gasteiger partial charge < -0.3 is 15.5 Å². The molecule has 1 saturated carbocycles. The zero-order chi connectivity index (χ0) is 23.1. The summed E-state index contributed by atoms with van der Waals surface area (Å²) in [6, 6.07) is 1.93. The van der Waals surface area contributed by atoms with Crippen LogP contribution in [0, 0.1) is 5.92 Å². The monoisotopic (exact) mass is 451 g/mol. The van der Waals surface area contributed by atoms with Crippen molar-refractivity contribution < 1.29 is 9.59 Å². The minimum Gasteiger partial charge on any atom is -0.350 e. The van der Waals surface area contributed by atoms with E-state index in [0.29, 0.717) is 24.0 Å². The fourth-order valence-electron chi connectivity index (χ4n) is 5.18. The van der Waals surface area contributed by atoms with Gasteiger partial charge in [-0.15, -0.1) is 0 Å². The fourth-order valence-corrected chi connectivity index (χ4v) is 5.18. The van der Waals surface area contributed by atoms with Gasteiger partial charge in [0.2, 0.25) is 11.8 Å². The first-order valence-corrected chi connectivity index (χ1v) is 11.9. The Labute approximate surface area is 194 Å². The summed E-state index contributed by atoms with van der Waals surface area (Å²) in [7, 11) is 0. The van der Waals surface area contributed by atoms with Gasteiger partial charge in [-0.3, -0.25) is 14.6 Å². The highest BCUT2D eigenvalue weighted by molar-refractivity contribution is 5.80. The Morgan fingerprint density at radius 3 is 2.70 bits per heavy atom. The van der Waals surface area contributed by atoms with E-state index in [4.69, 9.17) is 0 Å². The van der Waals surface area contributed by atoms with Crippen molar-refractivity contribution >= 4 is 23.5 Å². The molecule has 2 amide bonds. The van der Waals surface area contributed by atoms with Crippen LogP contribution in [0.1, 0.15) is 64.0 Å². The van der Waals surface area contributed by atoms with Crippen LogP contribution < -0.4 is 10.6 Å². The number of aromatic nitrogens is 4. The van der Waals surface area contributed by atoms with E-state index < -0.39 is 0 Å². The number of carbonyl (C=O) groups is 2. The van der Waals surface area contributed by atoms with Crippen LogP contribution in [-0.4, -0.2) is 55.3 Å². The molecule has 2 aromatic rings. The Hall–Kier alpha value is -3.10. The van der Waals surface area contributed by atoms with Gasteiger partial charge in [0.15, 0.2) is 0 Å². The molecule has 9 nitrogen and oxygen atoms in total. The number of nitrogens with one attached hydrogen (secondary N) is 2. The highest BCUT2D eigenvalue weighted by Gasteiger charge is 2.37. The van der Waals surface area contributed by atoms with E-state index in [2.05, 4.69) is 30.6 Å². The maximum Gasteiger partial charge on any atom is 0.224 e. The van der Waals surface area contributed by atoms with Crippen molar-refractivity contribution in [1.82, 2.24) is 30.2 Å². The van der Waals surface area contributed by atoms with Crippen LogP contribution in [-0.2, 0) is 16.0 Å². The lowest BCUT2D eigenvalue weighted by atomic mass is 9.78. The van der Waals surface area contributed by atoms with Crippen LogP contribution in [0.25, 0.3) is 0 Å². The van der Waals surface area contributed by atoms with Gasteiger partial charge in [0, 0.05) is 56.1 Å². The number of hydrogen-bond acceptors (Lipinski definition) is 7. The van der Waals surface area contributed by atoms with Crippen molar-refractivity contribution in [3.05, 3.63) is 36.7 Å². The SMILES string of the molecule is CC(=O)NC1(CC(=O)N2CCCC(Cc3cc(Nc4cnccn4)ncn3)C2)CCCCC1. The lowest BCUT2D eigenvalue weighted by Gasteiger charge is -2.40.